The first kappa shape index (κ1) is 36.6. The monoisotopic (exact) mass is 779 g/mol. The van der Waals surface area contributed by atoms with Gasteiger partial charge in [0.15, 0.2) is 0 Å². The molecule has 2 unspecified atom stereocenters. The van der Waals surface area contributed by atoms with Gasteiger partial charge >= 0.3 is 53.1 Å². The molecule has 0 saturated carbocycles. The van der Waals surface area contributed by atoms with Crippen LogP contribution >= 0.6 is 0 Å². The third-order valence-electron chi connectivity index (χ3n) is 8.74. The van der Waals surface area contributed by atoms with Crippen LogP contribution in [0.3, 0.4) is 0 Å². The summed E-state index contributed by atoms with van der Waals surface area (Å²) in [6, 6.07) is 19.8. The molecule has 0 saturated heterocycles. The maximum Gasteiger partial charge on any atom is 0.393 e. The minimum absolute atomic E-state index is 0.380. The Morgan fingerprint density at radius 1 is 0.431 bits per heavy atom. The summed E-state index contributed by atoms with van der Waals surface area (Å²) in [4.78, 5) is 18.7. The van der Waals surface area contributed by atoms with Gasteiger partial charge in [-0.25, -0.2) is 0 Å². The van der Waals surface area contributed by atoms with Gasteiger partial charge in [-0.1, -0.05) is 48.5 Å². The molecule has 12 nitrogen and oxygen atoms in total. The molecular weight excluding hydrogens is 744 g/mol. The summed E-state index contributed by atoms with van der Waals surface area (Å²) < 4.78 is 76.7. The number of hydrogen-bond donors (Lipinski definition) is 6. The zero-order chi connectivity index (χ0) is 36.7. The summed E-state index contributed by atoms with van der Waals surface area (Å²) in [5.74, 6) is -0.760. The van der Waals surface area contributed by atoms with Crippen LogP contribution in [0.15, 0.2) is 60.7 Å². The van der Waals surface area contributed by atoms with Crippen molar-refractivity contribution < 1.29 is 26.8 Å². The highest BCUT2D eigenvalue weighted by Crippen LogP contribution is 2.57. The second-order valence-electron chi connectivity index (χ2n) is 12.7. The number of rotatable bonds is 14. The summed E-state index contributed by atoms with van der Waals surface area (Å²) >= 11 is 0. The second kappa shape index (κ2) is 14.8. The Morgan fingerprint density at radius 3 is 1.08 bits per heavy atom. The van der Waals surface area contributed by atoms with Crippen molar-refractivity contribution in [1.82, 2.24) is 0 Å². The van der Waals surface area contributed by atoms with Crippen LogP contribution in [0.2, 0.25) is 39.3 Å². The van der Waals surface area contributed by atoms with Gasteiger partial charge in [-0.2, -0.15) is 0 Å². The Kier molecular flexibility index (Phi) is 10.7. The Morgan fingerprint density at radius 2 is 0.745 bits per heavy atom. The first-order valence-electron chi connectivity index (χ1n) is 16.4. The molecule has 0 bridgehead atoms. The van der Waals surface area contributed by atoms with Gasteiger partial charge in [-0.15, -0.1) is 0 Å². The molecule has 0 fully saturated rings. The molecule has 2 aliphatic rings. The Hall–Kier alpha value is -4.15. The number of nitrogens with one attached hydrogen (secondary N) is 6. The van der Waals surface area contributed by atoms with Crippen molar-refractivity contribution in [2.45, 2.75) is 50.9 Å². The van der Waals surface area contributed by atoms with Crippen LogP contribution in [0, 0.1) is 0 Å². The average molecular weight is 780 g/mol. The molecule has 2 aliphatic carbocycles. The molecular formula is C32H36BN6O6Si6. The Balaban J connectivity index is 1.64. The van der Waals surface area contributed by atoms with Gasteiger partial charge in [-0.05, 0) is 108 Å². The van der Waals surface area contributed by atoms with Gasteiger partial charge in [0.1, 0.15) is 7.28 Å². The van der Waals surface area contributed by atoms with E-state index in [2.05, 4.69) is 49.3 Å². The van der Waals surface area contributed by atoms with E-state index < -0.39 is 53.1 Å². The average Bonchev–Trinajstić information content (AvgIpc) is 3.51. The second-order valence-corrected chi connectivity index (χ2v) is 20.9. The van der Waals surface area contributed by atoms with E-state index in [1.54, 1.807) is 39.3 Å². The fourth-order valence-electron chi connectivity index (χ4n) is 7.22. The lowest BCUT2D eigenvalue weighted by atomic mass is 9.49. The smallest absolute Gasteiger partial charge is 0.360 e. The van der Waals surface area contributed by atoms with Crippen molar-refractivity contribution >= 4 is 94.5 Å². The summed E-state index contributed by atoms with van der Waals surface area (Å²) in [6.07, 6.45) is 0. The minimum atomic E-state index is -2.34. The van der Waals surface area contributed by atoms with Gasteiger partial charge in [-0.3, -0.25) is 0 Å². The van der Waals surface area contributed by atoms with Crippen molar-refractivity contribution in [3.63, 3.8) is 0 Å². The van der Waals surface area contributed by atoms with Crippen molar-refractivity contribution in [3.05, 3.63) is 82.9 Å². The number of anilines is 6. The van der Waals surface area contributed by atoms with Gasteiger partial charge in [0.25, 0.3) is 0 Å². The van der Waals surface area contributed by atoms with Crippen molar-refractivity contribution in [2.24, 2.45) is 0 Å². The van der Waals surface area contributed by atoms with Gasteiger partial charge in [0, 0.05) is 0 Å². The third kappa shape index (κ3) is 7.30. The summed E-state index contributed by atoms with van der Waals surface area (Å²) in [5, 5.41) is 0. The largest absolute Gasteiger partial charge is 0.393 e. The highest BCUT2D eigenvalue weighted by molar-refractivity contribution is 6.53. The molecule has 4 aromatic rings. The topological polar surface area (TPSA) is 175 Å². The first-order chi connectivity index (χ1) is 24.2. The highest BCUT2D eigenvalue weighted by Gasteiger charge is 2.41. The molecule has 0 amide bonds. The van der Waals surface area contributed by atoms with E-state index >= 15 is 0 Å². The Labute approximate surface area is 306 Å². The van der Waals surface area contributed by atoms with Crippen LogP contribution in [0.5, 0.6) is 0 Å². The quantitative estimate of drug-likeness (QED) is 0.0827. The van der Waals surface area contributed by atoms with Crippen LogP contribution in [0.1, 0.15) is 33.9 Å². The molecule has 51 heavy (non-hydrogen) atoms. The van der Waals surface area contributed by atoms with Crippen LogP contribution < -0.4 is 29.9 Å². The van der Waals surface area contributed by atoms with E-state index in [0.29, 0.717) is 34.1 Å². The van der Waals surface area contributed by atoms with Gasteiger partial charge < -0.3 is 56.7 Å². The molecule has 0 spiro atoms. The molecule has 6 rings (SSSR count). The van der Waals surface area contributed by atoms with Crippen molar-refractivity contribution in [3.8, 4) is 22.3 Å². The molecule has 257 valence electrons. The van der Waals surface area contributed by atoms with E-state index in [9.17, 15) is 26.8 Å². The predicted molar refractivity (Wildman–Crippen MR) is 209 cm³/mol. The highest BCUT2D eigenvalue weighted by atomic mass is 28.3. The minimum Gasteiger partial charge on any atom is -0.360 e. The molecule has 19 heteroatoms. The lowest BCUT2D eigenvalue weighted by molar-refractivity contribution is 0.567. The van der Waals surface area contributed by atoms with Crippen LogP contribution in [0.4, 0.5) is 34.1 Å². The SMILES string of the molecule is C[Si](=O)Nc1cc2c(c(N[Si](C)=O)c1N[Si](C)=O)C([B]C1c3ccccc3-c3cc(N[Si](C)=O)c(N[Si](C)=O)c(N[Si](C)=O)c31)c1ccccc1-2. The fourth-order valence-corrected chi connectivity index (χ4v) is 10.8. The summed E-state index contributed by atoms with van der Waals surface area (Å²) in [5.41, 5.74) is 10.2. The lowest BCUT2D eigenvalue weighted by Crippen LogP contribution is -2.24. The number of hydrogen-bond acceptors (Lipinski definition) is 6. The van der Waals surface area contributed by atoms with E-state index in [4.69, 9.17) is 0 Å². The fraction of sp³-hybridized carbons (Fsp3) is 0.250. The molecule has 0 aromatic heterocycles. The predicted octanol–water partition coefficient (Wildman–Crippen LogP) is 5.99. The zero-order valence-corrected chi connectivity index (χ0v) is 35.0. The molecule has 4 aromatic carbocycles. The first-order valence-corrected chi connectivity index (χ1v) is 27.8. The zero-order valence-electron chi connectivity index (χ0n) is 29.0. The molecule has 1 radical (unpaired) electrons. The maximum absolute atomic E-state index is 13.0. The molecule has 6 N–H and O–H groups in total. The number of benzene rings is 4. The van der Waals surface area contributed by atoms with Crippen molar-refractivity contribution in [1.29, 1.82) is 0 Å². The van der Waals surface area contributed by atoms with Gasteiger partial charge in [0.2, 0.25) is 0 Å². The normalized spacial score (nSPS) is 14.5. The number of fused-ring (bicyclic) bond motifs is 6. The third-order valence-corrected chi connectivity index (χ3v) is 12.4. The summed E-state index contributed by atoms with van der Waals surface area (Å²) in [6.45, 7) is 9.51. The molecule has 2 atom stereocenters. The van der Waals surface area contributed by atoms with Crippen LogP contribution in [-0.4, -0.2) is 60.3 Å². The molecule has 0 heterocycles. The van der Waals surface area contributed by atoms with E-state index in [1.807, 2.05) is 48.5 Å². The van der Waals surface area contributed by atoms with Crippen molar-refractivity contribution in [2.75, 3.05) is 29.9 Å². The van der Waals surface area contributed by atoms with E-state index in [-0.39, 0.29) is 11.6 Å². The van der Waals surface area contributed by atoms with Crippen LogP contribution in [-0.2, 0) is 26.8 Å². The standard InChI is InChI=1S/C32H36BN6O6Si6/c1-46(40)34-23-15-21-17-11-7-9-13-19(17)27(25(21)31(38-50(5)44)29(23)36-48(3)42)33-28-20-14-10-8-12-18(20)22-16-24(35-47(2)41)30(37-49(4)43)32(26(22)28)39-51(6)45/h7-16,27-28,34-39H,1-6H3. The lowest BCUT2D eigenvalue weighted by Gasteiger charge is -2.27. The molecule has 0 aliphatic heterocycles. The maximum atomic E-state index is 13.0. The Bertz CT molecular complexity index is 2070. The van der Waals surface area contributed by atoms with E-state index in [1.165, 1.54) is 0 Å². The van der Waals surface area contributed by atoms with Gasteiger partial charge in [0.05, 0.1) is 34.1 Å². The summed E-state index contributed by atoms with van der Waals surface area (Å²) in [7, 11) is -11.6. The van der Waals surface area contributed by atoms with Crippen LogP contribution in [0.25, 0.3) is 22.3 Å². The van der Waals surface area contributed by atoms with E-state index in [0.717, 1.165) is 44.5 Å².